The molecule has 26 heavy (non-hydrogen) atoms. The Hall–Kier alpha value is -1.60. The van der Waals surface area contributed by atoms with Crippen molar-refractivity contribution in [3.8, 4) is 0 Å². The van der Waals surface area contributed by atoms with Gasteiger partial charge in [0.05, 0.1) is 10.6 Å². The number of urea groups is 1. The zero-order valence-electron chi connectivity index (χ0n) is 14.3. The highest BCUT2D eigenvalue weighted by atomic mass is 35.5. The Morgan fingerprint density at radius 1 is 1.08 bits per heavy atom. The minimum atomic E-state index is -3.58. The first-order valence-electron chi connectivity index (χ1n) is 9.00. The van der Waals surface area contributed by atoms with Crippen molar-refractivity contribution in [3.63, 3.8) is 0 Å². The van der Waals surface area contributed by atoms with Crippen molar-refractivity contribution < 1.29 is 18.0 Å². The standard InChI is InChI=1S/C18H21ClN2O4S/c19-13-5-7-14(8-6-13)26(24,25)10-9-20-17(22)16-11-12-3-1-2-4-15(12)21(16)18(20)23/h5-8,12,15-16H,1-4,9-11H2/t12-,15+,16-/m0/s1. The van der Waals surface area contributed by atoms with Gasteiger partial charge in [-0.1, -0.05) is 24.4 Å². The molecule has 3 amide bonds. The van der Waals surface area contributed by atoms with Crippen molar-refractivity contribution in [1.82, 2.24) is 9.80 Å². The number of fused-ring (bicyclic) bond motifs is 3. The Morgan fingerprint density at radius 2 is 1.77 bits per heavy atom. The maximum Gasteiger partial charge on any atom is 0.327 e. The summed E-state index contributed by atoms with van der Waals surface area (Å²) < 4.78 is 25.0. The van der Waals surface area contributed by atoms with Gasteiger partial charge in [0.1, 0.15) is 6.04 Å². The van der Waals surface area contributed by atoms with Gasteiger partial charge in [0.15, 0.2) is 9.84 Å². The van der Waals surface area contributed by atoms with Crippen LogP contribution in [0, 0.1) is 5.92 Å². The molecule has 0 unspecified atom stereocenters. The molecule has 2 saturated heterocycles. The normalized spacial score (nSPS) is 28.4. The van der Waals surface area contributed by atoms with E-state index in [1.165, 1.54) is 24.3 Å². The molecule has 140 valence electrons. The van der Waals surface area contributed by atoms with Crippen molar-refractivity contribution in [1.29, 1.82) is 0 Å². The number of benzene rings is 1. The molecule has 8 heteroatoms. The van der Waals surface area contributed by atoms with E-state index in [0.29, 0.717) is 10.9 Å². The maximum absolute atomic E-state index is 12.8. The van der Waals surface area contributed by atoms with E-state index in [2.05, 4.69) is 0 Å². The van der Waals surface area contributed by atoms with Crippen molar-refractivity contribution in [2.24, 2.45) is 5.92 Å². The van der Waals surface area contributed by atoms with E-state index in [9.17, 15) is 18.0 Å². The van der Waals surface area contributed by atoms with Crippen LogP contribution in [0.3, 0.4) is 0 Å². The monoisotopic (exact) mass is 396 g/mol. The molecular weight excluding hydrogens is 376 g/mol. The number of amides is 3. The Balaban J connectivity index is 1.47. The molecule has 0 N–H and O–H groups in total. The smallest absolute Gasteiger partial charge is 0.309 e. The third-order valence-electron chi connectivity index (χ3n) is 5.85. The highest BCUT2D eigenvalue weighted by Gasteiger charge is 2.55. The molecule has 4 rings (SSSR count). The summed E-state index contributed by atoms with van der Waals surface area (Å²) in [6.45, 7) is -0.104. The number of rotatable bonds is 4. The molecule has 0 aromatic heterocycles. The fourth-order valence-electron chi connectivity index (χ4n) is 4.55. The van der Waals surface area contributed by atoms with E-state index >= 15 is 0 Å². The van der Waals surface area contributed by atoms with Gasteiger partial charge in [0.2, 0.25) is 0 Å². The zero-order chi connectivity index (χ0) is 18.5. The van der Waals surface area contributed by atoms with Crippen LogP contribution in [0.2, 0.25) is 5.02 Å². The van der Waals surface area contributed by atoms with Crippen LogP contribution in [0.25, 0.3) is 0 Å². The van der Waals surface area contributed by atoms with Crippen LogP contribution in [0.5, 0.6) is 0 Å². The SMILES string of the molecule is O=C1[C@@H]2C[C@@H]3CCCC[C@H]3N2C(=O)N1CCS(=O)(=O)c1ccc(Cl)cc1. The number of carbonyl (C=O) groups is 2. The summed E-state index contributed by atoms with van der Waals surface area (Å²) in [4.78, 5) is 28.5. The molecule has 0 spiro atoms. The zero-order valence-corrected chi connectivity index (χ0v) is 15.9. The number of carbonyl (C=O) groups excluding carboxylic acids is 2. The third-order valence-corrected chi connectivity index (χ3v) is 7.81. The molecule has 0 radical (unpaired) electrons. The number of nitrogens with zero attached hydrogens (tertiary/aromatic N) is 2. The summed E-state index contributed by atoms with van der Waals surface area (Å²) >= 11 is 5.79. The molecule has 1 saturated carbocycles. The lowest BCUT2D eigenvalue weighted by molar-refractivity contribution is -0.127. The Bertz CT molecular complexity index is 839. The lowest BCUT2D eigenvalue weighted by Crippen LogP contribution is -2.42. The van der Waals surface area contributed by atoms with Gasteiger partial charge in [-0.25, -0.2) is 13.2 Å². The lowest BCUT2D eigenvalue weighted by Gasteiger charge is -2.30. The summed E-state index contributed by atoms with van der Waals surface area (Å²) in [5, 5.41) is 0.455. The van der Waals surface area contributed by atoms with Crippen LogP contribution in [-0.4, -0.2) is 54.5 Å². The Kier molecular flexibility index (Phi) is 4.47. The summed E-state index contributed by atoms with van der Waals surface area (Å²) in [5.74, 6) is -0.0990. The second-order valence-corrected chi connectivity index (χ2v) is 9.86. The molecule has 3 fully saturated rings. The van der Waals surface area contributed by atoms with Gasteiger partial charge >= 0.3 is 6.03 Å². The summed E-state index contributed by atoms with van der Waals surface area (Å²) in [6, 6.07) is 5.34. The Labute approximate surface area is 158 Å². The first kappa shape index (κ1) is 17.8. The number of halogens is 1. The molecule has 3 atom stereocenters. The Morgan fingerprint density at radius 3 is 2.50 bits per heavy atom. The van der Waals surface area contributed by atoms with Crippen LogP contribution in [-0.2, 0) is 14.6 Å². The summed E-state index contributed by atoms with van der Waals surface area (Å²) in [7, 11) is -3.58. The van der Waals surface area contributed by atoms with Gasteiger partial charge in [0, 0.05) is 17.6 Å². The largest absolute Gasteiger partial charge is 0.327 e. The molecule has 3 aliphatic rings. The first-order chi connectivity index (χ1) is 12.4. The topological polar surface area (TPSA) is 74.8 Å². The van der Waals surface area contributed by atoms with Crippen LogP contribution < -0.4 is 0 Å². The highest BCUT2D eigenvalue weighted by molar-refractivity contribution is 7.91. The number of hydrogen-bond donors (Lipinski definition) is 0. The van der Waals surface area contributed by atoms with Crippen LogP contribution >= 0.6 is 11.6 Å². The van der Waals surface area contributed by atoms with Crippen LogP contribution in [0.1, 0.15) is 32.1 Å². The first-order valence-corrected chi connectivity index (χ1v) is 11.0. The van der Waals surface area contributed by atoms with Gasteiger partial charge < -0.3 is 4.90 Å². The number of imide groups is 1. The number of hydrogen-bond acceptors (Lipinski definition) is 4. The average molecular weight is 397 g/mol. The van der Waals surface area contributed by atoms with Gasteiger partial charge in [-0.3, -0.25) is 9.69 Å². The average Bonchev–Trinajstić information content (AvgIpc) is 3.10. The van der Waals surface area contributed by atoms with Gasteiger partial charge in [-0.05, 0) is 49.4 Å². The molecule has 1 aromatic carbocycles. The molecule has 1 aromatic rings. The third kappa shape index (κ3) is 2.91. The molecule has 6 nitrogen and oxygen atoms in total. The lowest BCUT2D eigenvalue weighted by atomic mass is 9.84. The van der Waals surface area contributed by atoms with E-state index in [4.69, 9.17) is 11.6 Å². The number of sulfone groups is 1. The van der Waals surface area contributed by atoms with Crippen LogP contribution in [0.4, 0.5) is 4.79 Å². The second-order valence-electron chi connectivity index (χ2n) is 7.32. The minimum Gasteiger partial charge on any atom is -0.309 e. The van der Waals surface area contributed by atoms with E-state index < -0.39 is 15.9 Å². The fraction of sp³-hybridized carbons (Fsp3) is 0.556. The van der Waals surface area contributed by atoms with E-state index in [-0.39, 0.29) is 35.2 Å². The molecular formula is C18H21ClN2O4S. The van der Waals surface area contributed by atoms with E-state index in [1.54, 1.807) is 4.90 Å². The summed E-state index contributed by atoms with van der Waals surface area (Å²) in [5.41, 5.74) is 0. The molecule has 1 aliphatic carbocycles. The van der Waals surface area contributed by atoms with Gasteiger partial charge in [-0.15, -0.1) is 0 Å². The molecule has 2 aliphatic heterocycles. The maximum atomic E-state index is 12.8. The van der Waals surface area contributed by atoms with Crippen molar-refractivity contribution >= 4 is 33.4 Å². The van der Waals surface area contributed by atoms with Gasteiger partial charge in [-0.2, -0.15) is 0 Å². The molecule has 0 bridgehead atoms. The van der Waals surface area contributed by atoms with Crippen molar-refractivity contribution in [2.75, 3.05) is 12.3 Å². The molecule has 2 heterocycles. The predicted molar refractivity (Wildman–Crippen MR) is 96.6 cm³/mol. The van der Waals surface area contributed by atoms with Crippen LogP contribution in [0.15, 0.2) is 29.2 Å². The minimum absolute atomic E-state index is 0.104. The highest BCUT2D eigenvalue weighted by Crippen LogP contribution is 2.43. The van der Waals surface area contributed by atoms with Crippen molar-refractivity contribution in [2.45, 2.75) is 49.1 Å². The predicted octanol–water partition coefficient (Wildman–Crippen LogP) is 2.71. The van der Waals surface area contributed by atoms with E-state index in [0.717, 1.165) is 37.0 Å². The quantitative estimate of drug-likeness (QED) is 0.733. The second kappa shape index (κ2) is 6.53. The van der Waals surface area contributed by atoms with E-state index in [1.807, 2.05) is 0 Å². The fourth-order valence-corrected chi connectivity index (χ4v) is 5.88. The van der Waals surface area contributed by atoms with Crippen molar-refractivity contribution in [3.05, 3.63) is 29.3 Å². The summed E-state index contributed by atoms with van der Waals surface area (Å²) in [6.07, 6.45) is 4.97. The van der Waals surface area contributed by atoms with Gasteiger partial charge in [0.25, 0.3) is 5.91 Å².